The van der Waals surface area contributed by atoms with Crippen LogP contribution in [0.5, 0.6) is 11.5 Å². The summed E-state index contributed by atoms with van der Waals surface area (Å²) in [7, 11) is -4.37. The summed E-state index contributed by atoms with van der Waals surface area (Å²) in [5, 5.41) is 19.2. The molecule has 518 valence electrons. The van der Waals surface area contributed by atoms with Gasteiger partial charge < -0.3 is 59.6 Å². The first kappa shape index (κ1) is 82.4. The van der Waals surface area contributed by atoms with E-state index in [1.807, 2.05) is 43.4 Å². The van der Waals surface area contributed by atoms with E-state index in [2.05, 4.69) is 87.0 Å². The van der Waals surface area contributed by atoms with Crippen molar-refractivity contribution in [1.29, 1.82) is 0 Å². The van der Waals surface area contributed by atoms with Crippen LogP contribution in [0.25, 0.3) is 0 Å². The average molecular weight is 1340 g/mol. The zero-order valence-corrected chi connectivity index (χ0v) is 61.5. The number of aliphatic carboxylic acids is 1. The zero-order valence-electron chi connectivity index (χ0n) is 58.5. The van der Waals surface area contributed by atoms with Crippen molar-refractivity contribution in [1.82, 2.24) is 9.80 Å². The third kappa shape index (κ3) is 33.4. The highest BCUT2D eigenvalue weighted by Crippen LogP contribution is 2.38. The zero-order chi connectivity index (χ0) is 68.9. The summed E-state index contributed by atoms with van der Waals surface area (Å²) in [6, 6.07) is 14.3. The van der Waals surface area contributed by atoms with Gasteiger partial charge in [-0.05, 0) is 119 Å². The van der Waals surface area contributed by atoms with Crippen LogP contribution in [0.1, 0.15) is 178 Å². The molecule has 0 saturated carbocycles. The van der Waals surface area contributed by atoms with E-state index in [4.69, 9.17) is 39.6 Å². The highest BCUT2D eigenvalue weighted by molar-refractivity contribution is 6.76. The van der Waals surface area contributed by atoms with Crippen LogP contribution in [0.3, 0.4) is 0 Å². The number of allylic oxidation sites excluding steroid dienone is 2. The molecule has 0 aromatic heterocycles. The summed E-state index contributed by atoms with van der Waals surface area (Å²) in [6.45, 7) is 31.9. The standard InChI is InChI=1S/C33H52N2O6Si.C20H41NO3Si.C18H25NO5Si/c1-6-7-8-11-17-27(18-12-9-10-16-26(2)31(34)36)41-33(38)29-20-15-22-35(29)32(37)28-19-13-14-21-30(28)40-25-39-23-24-42(3,4)5;1-7-8-9-11-14-17(22)15-12-10-13-16-18(19(21)23)24-25(5,6)20(2,3)4;1-25(2,3)12-11-23-13-24-16-9-5-4-7-14(16)17(20)19-10-6-8-15(19)18(21)22/h9,12-15,19,21-22,26-27,29H,6-8,10-11,16-18,20,23-25H2,1-5H3,(H2,34,36);10,12,17-18,22H,7-9,11,13-16H2,1-6H3,(H2,21,23);4-7,9-10,15H,8,11-13H2,1-3H3,(H,21,22)/b12-9+;12-10+;/t26-,27-,29+;17-,18-;15-/m110/s1. The van der Waals surface area contributed by atoms with Crippen LogP contribution in [0, 0.1) is 5.92 Å². The number of unbranched alkanes of at least 4 members (excludes halogenated alkanes) is 6. The molecule has 0 saturated heterocycles. The molecule has 6 atom stereocenters. The van der Waals surface area contributed by atoms with Crippen molar-refractivity contribution < 1.29 is 67.1 Å². The van der Waals surface area contributed by atoms with Crippen molar-refractivity contribution in [2.75, 3.05) is 26.8 Å². The van der Waals surface area contributed by atoms with Gasteiger partial charge in [0.2, 0.25) is 11.8 Å². The van der Waals surface area contributed by atoms with E-state index in [-0.39, 0.29) is 60.4 Å². The molecule has 0 radical (unpaired) electrons. The maximum Gasteiger partial charge on any atom is 0.329 e. The lowest BCUT2D eigenvalue weighted by Crippen LogP contribution is -2.47. The van der Waals surface area contributed by atoms with Crippen molar-refractivity contribution in [2.45, 2.75) is 257 Å². The number of amides is 4. The Balaban J connectivity index is 0.000000498. The molecule has 0 bridgehead atoms. The largest absolute Gasteiger partial charge is 0.480 e. The monoisotopic (exact) mass is 1330 g/mol. The third-order valence-corrected chi connectivity index (χ3v) is 24.3. The van der Waals surface area contributed by atoms with Crippen molar-refractivity contribution >= 4 is 60.0 Å². The number of para-hydroxylation sites is 2. The van der Waals surface area contributed by atoms with Crippen LogP contribution in [0.2, 0.25) is 69.5 Å². The van der Waals surface area contributed by atoms with Crippen molar-refractivity contribution in [3.05, 3.63) is 109 Å². The number of benzene rings is 2. The molecular weight excluding hydrogens is 1220 g/mol. The lowest BCUT2D eigenvalue weighted by Gasteiger charge is -2.38. The van der Waals surface area contributed by atoms with Gasteiger partial charge in [0.15, 0.2) is 21.9 Å². The molecule has 0 unspecified atom stereocenters. The molecule has 4 rings (SSSR count). The number of hydrogen-bond donors (Lipinski definition) is 4. The van der Waals surface area contributed by atoms with Crippen LogP contribution >= 0.6 is 0 Å². The highest BCUT2D eigenvalue weighted by atomic mass is 28.4. The van der Waals surface area contributed by atoms with Crippen LogP contribution in [0.4, 0.5) is 0 Å². The molecule has 18 nitrogen and oxygen atoms in total. The molecule has 2 aliphatic heterocycles. The summed E-state index contributed by atoms with van der Waals surface area (Å²) in [5.74, 6) is -2.16. The number of carbonyl (C=O) groups excluding carboxylic acids is 5. The topological polar surface area (TPSA) is 257 Å². The molecule has 21 heteroatoms. The van der Waals surface area contributed by atoms with Crippen LogP contribution < -0.4 is 20.9 Å². The lowest BCUT2D eigenvalue weighted by molar-refractivity contribution is -0.153. The Hall–Kier alpha value is -5.69. The van der Waals surface area contributed by atoms with Crippen LogP contribution in [-0.4, -0.2) is 137 Å². The smallest absolute Gasteiger partial charge is 0.329 e. The predicted molar refractivity (Wildman–Crippen MR) is 376 cm³/mol. The van der Waals surface area contributed by atoms with Gasteiger partial charge in [-0.2, -0.15) is 0 Å². The van der Waals surface area contributed by atoms with Crippen LogP contribution in [0.15, 0.2) is 97.4 Å². The molecule has 0 spiro atoms. The second-order valence-corrected chi connectivity index (χ2v) is 44.0. The first-order valence-corrected chi connectivity index (χ1v) is 43.9. The maximum atomic E-state index is 13.6. The Morgan fingerprint density at radius 2 is 1.09 bits per heavy atom. The van der Waals surface area contributed by atoms with Gasteiger partial charge in [0.1, 0.15) is 35.8 Å². The summed E-state index contributed by atoms with van der Waals surface area (Å²) in [4.78, 5) is 76.6. The molecule has 6 N–H and O–H groups in total. The Kier molecular flexibility index (Phi) is 38.8. The number of aliphatic hydroxyl groups is 1. The molecule has 2 heterocycles. The Morgan fingerprint density at radius 1 is 0.620 bits per heavy atom. The van der Waals surface area contributed by atoms with Crippen molar-refractivity contribution in [2.24, 2.45) is 17.4 Å². The number of esters is 1. The minimum Gasteiger partial charge on any atom is -0.480 e. The summed E-state index contributed by atoms with van der Waals surface area (Å²) in [6.07, 6.45) is 29.1. The number of aliphatic hydroxyl groups excluding tert-OH is 1. The maximum absolute atomic E-state index is 13.6. The van der Waals surface area contributed by atoms with Crippen LogP contribution in [-0.2, 0) is 37.8 Å². The van der Waals surface area contributed by atoms with E-state index in [1.54, 1.807) is 54.7 Å². The van der Waals surface area contributed by atoms with Gasteiger partial charge in [-0.15, -0.1) is 0 Å². The molecule has 92 heavy (non-hydrogen) atoms. The minimum atomic E-state index is -2.00. The Labute approximate surface area is 555 Å². The average Bonchev–Trinajstić information content (AvgIpc) is 1.58. The number of carboxylic acids is 1. The molecule has 0 aliphatic carbocycles. The summed E-state index contributed by atoms with van der Waals surface area (Å²) >= 11 is 0. The number of carbonyl (C=O) groups is 6. The quantitative estimate of drug-likeness (QED) is 0.0159. The molecule has 2 aliphatic rings. The van der Waals surface area contributed by atoms with E-state index >= 15 is 0 Å². The normalized spacial score (nSPS) is 16.3. The lowest BCUT2D eigenvalue weighted by atomic mass is 10.0. The van der Waals surface area contributed by atoms with E-state index in [9.17, 15) is 39.0 Å². The van der Waals surface area contributed by atoms with Gasteiger partial charge in [-0.25, -0.2) is 9.59 Å². The van der Waals surface area contributed by atoms with Gasteiger partial charge in [0.25, 0.3) is 11.8 Å². The van der Waals surface area contributed by atoms with Crippen molar-refractivity contribution in [3.8, 4) is 11.5 Å². The SMILES string of the molecule is CCCCCC[C@@H](O)C/C=C/CC[C@@H](O[Si](C)(C)C(C)(C)C)C(N)=O.CCCCCC[C@H](C/C=C/CC[C@@H](C)C(N)=O)OC(=O)[C@@H]1CC=CN1C(=O)c1ccccc1OCOCC[Si](C)(C)C.C[Si](C)(C)CCOCOc1ccccc1C(=O)N1C=CC[C@H]1C(=O)O. The van der Waals surface area contributed by atoms with Gasteiger partial charge in [-0.3, -0.25) is 19.2 Å². The molecular formula is C71H118N4O14Si3. The molecule has 2 aromatic carbocycles. The van der Waals surface area contributed by atoms with Gasteiger partial charge in [-0.1, -0.05) is 186 Å². The Bertz CT molecular complexity index is 2650. The van der Waals surface area contributed by atoms with Crippen molar-refractivity contribution in [3.63, 3.8) is 0 Å². The van der Waals surface area contributed by atoms with Gasteiger partial charge in [0, 0.05) is 54.1 Å². The van der Waals surface area contributed by atoms with Gasteiger partial charge in [0.05, 0.1) is 17.2 Å². The van der Waals surface area contributed by atoms with E-state index in [1.165, 1.54) is 35.3 Å². The highest BCUT2D eigenvalue weighted by Gasteiger charge is 2.40. The Morgan fingerprint density at radius 3 is 1.55 bits per heavy atom. The fourth-order valence-electron chi connectivity index (χ4n) is 9.25. The van der Waals surface area contributed by atoms with E-state index in [0.29, 0.717) is 74.4 Å². The number of rotatable bonds is 41. The van der Waals surface area contributed by atoms with Gasteiger partial charge >= 0.3 is 11.9 Å². The number of hydrogen-bond acceptors (Lipinski definition) is 13. The van der Waals surface area contributed by atoms with E-state index < -0.39 is 54.6 Å². The second-order valence-electron chi connectivity index (χ2n) is 28.0. The first-order valence-electron chi connectivity index (χ1n) is 33.6. The predicted octanol–water partition coefficient (Wildman–Crippen LogP) is 14.9. The summed E-state index contributed by atoms with van der Waals surface area (Å²) in [5.41, 5.74) is 11.6. The minimum absolute atomic E-state index is 0.0540. The number of carboxylic acid groups (broad SMARTS) is 1. The number of primary amides is 2. The number of nitrogens with zero attached hydrogens (tertiary/aromatic N) is 2. The molecule has 2 aromatic rings. The van der Waals surface area contributed by atoms with E-state index in [0.717, 1.165) is 69.9 Å². The second kappa shape index (κ2) is 43.3. The fraction of sp³-hybridized carbons (Fsp3) is 0.634. The number of nitrogens with two attached hydrogens (primary N) is 2. The first-order chi connectivity index (χ1) is 43.3. The fourth-order valence-corrected chi connectivity index (χ4v) is 12.1. The summed E-state index contributed by atoms with van der Waals surface area (Å²) < 4.78 is 34.8. The molecule has 4 amide bonds. The molecule has 0 fully saturated rings. The third-order valence-electron chi connectivity index (χ3n) is 16.4. The number of ether oxygens (including phenoxy) is 5.